The molecule has 3 heteroatoms. The van der Waals surface area contributed by atoms with Crippen molar-refractivity contribution in [1.29, 1.82) is 0 Å². The minimum absolute atomic E-state index is 0.155. The minimum atomic E-state index is -0.155. The molecular weight excluding hydrogens is 719 g/mol. The van der Waals surface area contributed by atoms with Crippen LogP contribution in [0.5, 0.6) is 0 Å². The summed E-state index contributed by atoms with van der Waals surface area (Å²) in [6.45, 7) is 0. The Morgan fingerprint density at radius 3 is 1.66 bits per heavy atom. The Labute approximate surface area is 300 Å². The van der Waals surface area contributed by atoms with E-state index in [4.69, 9.17) is 9.97 Å². The molecule has 2 heterocycles. The van der Waals surface area contributed by atoms with Crippen LogP contribution in [0, 0.1) is 3.57 Å². The van der Waals surface area contributed by atoms with Crippen molar-refractivity contribution < 1.29 is 0 Å². The zero-order valence-electron chi connectivity index (χ0n) is 27.0. The van der Waals surface area contributed by atoms with Gasteiger partial charge in [0.25, 0.3) is 0 Å². The van der Waals surface area contributed by atoms with Crippen LogP contribution in [-0.2, 0) is 0 Å². The van der Waals surface area contributed by atoms with Crippen molar-refractivity contribution in [3.8, 4) is 45.0 Å². The molecule has 2 nitrogen and oxygen atoms in total. The number of rotatable bonds is 4. The second-order valence-corrected chi connectivity index (χ2v) is 15.1. The first kappa shape index (κ1) is 29.2. The van der Waals surface area contributed by atoms with Crippen molar-refractivity contribution in [1.82, 2.24) is 9.97 Å². The van der Waals surface area contributed by atoms with Crippen LogP contribution in [0.2, 0.25) is 0 Å². The molecule has 1 aliphatic rings. The quantitative estimate of drug-likeness (QED) is 0.132. The molecule has 0 aliphatic carbocycles. The summed E-state index contributed by atoms with van der Waals surface area (Å²) < 4.78 is 3.83. The van der Waals surface area contributed by atoms with E-state index in [1.165, 1.54) is 58.0 Å². The largest absolute Gasteiger partial charge is 0.228 e. The smallest absolute Gasteiger partial charge is 0.161 e. The number of nitrogens with zero attached hydrogens (tertiary/aromatic N) is 2. The molecule has 8 aromatic carbocycles. The molecule has 0 spiro atoms. The number of allylic oxidation sites excluding steroid dienone is 1. The monoisotopic (exact) mass is 748 g/mol. The fraction of sp³-hybridized carbons (Fsp3) is 0. The molecule has 0 unspecified atom stereocenters. The third-order valence-electron chi connectivity index (χ3n) is 9.82. The van der Waals surface area contributed by atoms with E-state index in [1.54, 1.807) is 0 Å². The van der Waals surface area contributed by atoms with Crippen LogP contribution >= 0.6 is 20.7 Å². The molecule has 1 aliphatic heterocycles. The first-order valence-corrected chi connectivity index (χ1v) is 19.2. The van der Waals surface area contributed by atoms with Gasteiger partial charge in [0.1, 0.15) is 0 Å². The first-order valence-electron chi connectivity index (χ1n) is 16.9. The second kappa shape index (κ2) is 12.0. The molecule has 1 aromatic heterocycles. The molecule has 0 atom stereocenters. The zero-order chi connectivity index (χ0) is 33.0. The van der Waals surface area contributed by atoms with Crippen molar-refractivity contribution >= 4 is 73.9 Å². The average Bonchev–Trinajstić information content (AvgIpc) is 3.20. The maximum atomic E-state index is 5.41. The number of hydrogen-bond donors (Lipinski definition) is 0. The Morgan fingerprint density at radius 2 is 0.960 bits per heavy atom. The average molecular weight is 749 g/mol. The summed E-state index contributed by atoms with van der Waals surface area (Å²) in [6.07, 6.45) is 4.43. The van der Waals surface area contributed by atoms with Gasteiger partial charge < -0.3 is 0 Å². The van der Waals surface area contributed by atoms with Crippen LogP contribution in [0.25, 0.3) is 94.2 Å². The van der Waals surface area contributed by atoms with Gasteiger partial charge in [-0.2, -0.15) is 0 Å². The summed E-state index contributed by atoms with van der Waals surface area (Å²) in [5, 5.41) is 9.62. The van der Waals surface area contributed by atoms with E-state index < -0.39 is 0 Å². The van der Waals surface area contributed by atoms with Gasteiger partial charge in [-0.15, -0.1) is 0 Å². The van der Waals surface area contributed by atoms with Gasteiger partial charge in [0, 0.05) is 20.3 Å². The van der Waals surface area contributed by atoms with Crippen molar-refractivity contribution in [2.24, 2.45) is 0 Å². The van der Waals surface area contributed by atoms with E-state index in [0.717, 1.165) is 39.3 Å². The Morgan fingerprint density at radius 1 is 0.400 bits per heavy atom. The van der Waals surface area contributed by atoms with Crippen LogP contribution in [0.1, 0.15) is 5.56 Å². The van der Waals surface area contributed by atoms with E-state index in [0.29, 0.717) is 0 Å². The van der Waals surface area contributed by atoms with E-state index in [2.05, 4.69) is 174 Å². The zero-order valence-corrected chi connectivity index (χ0v) is 29.2. The van der Waals surface area contributed by atoms with Gasteiger partial charge in [0.15, 0.2) is 5.82 Å². The summed E-state index contributed by atoms with van der Waals surface area (Å²) in [7, 11) is 0. The maximum Gasteiger partial charge on any atom is 0.161 e. The lowest BCUT2D eigenvalue weighted by Gasteiger charge is -2.15. The molecule has 234 valence electrons. The van der Waals surface area contributed by atoms with Gasteiger partial charge in [-0.05, 0) is 82.0 Å². The second-order valence-electron chi connectivity index (χ2n) is 12.7. The van der Waals surface area contributed by atoms with E-state index in [-0.39, 0.29) is 20.7 Å². The number of benzene rings is 8. The highest BCUT2D eigenvalue weighted by molar-refractivity contribution is 14.2. The number of fused-ring (bicyclic) bond motifs is 7. The summed E-state index contributed by atoms with van der Waals surface area (Å²) >= 11 is -0.155. The van der Waals surface area contributed by atoms with Gasteiger partial charge in [-0.3, -0.25) is 0 Å². The molecule has 0 radical (unpaired) electrons. The standard InChI is InChI=1S/C47H29IN2/c1-3-15-35-33(11-1)27-42(40-19-7-5-17-38(35)40)45-29-44(31-24-22-30(23-25-31)37-21-9-13-32-14-10-26-48-46(32)37)49-47(50-45)43-28-34-12-2-4-16-36(34)39-18-6-8-20-41(39)43/h1-29H. The molecule has 0 bridgehead atoms. The van der Waals surface area contributed by atoms with Crippen LogP contribution in [0.3, 0.4) is 0 Å². The highest BCUT2D eigenvalue weighted by Crippen LogP contribution is 2.39. The van der Waals surface area contributed by atoms with Crippen LogP contribution in [0.4, 0.5) is 0 Å². The van der Waals surface area contributed by atoms with Gasteiger partial charge in [0.05, 0.1) is 11.4 Å². The fourth-order valence-corrected chi connectivity index (χ4v) is 9.76. The maximum absolute atomic E-state index is 5.41. The molecule has 0 N–H and O–H groups in total. The molecule has 0 saturated carbocycles. The van der Waals surface area contributed by atoms with Crippen LogP contribution < -0.4 is 0 Å². The lowest BCUT2D eigenvalue weighted by molar-refractivity contribution is 1.19. The van der Waals surface area contributed by atoms with Crippen LogP contribution in [0.15, 0.2) is 164 Å². The SMILES string of the molecule is C1=Cc2cccc(-c3ccc(-c4cc(-c5cc6ccccc6c6ccccc56)nc(-c5cc6ccccc6c6ccccc56)n4)cc3)c2I=C1. The van der Waals surface area contributed by atoms with Crippen molar-refractivity contribution in [2.45, 2.75) is 0 Å². The number of aromatic nitrogens is 2. The Kier molecular flexibility index (Phi) is 6.98. The van der Waals surface area contributed by atoms with Crippen molar-refractivity contribution in [3.05, 3.63) is 173 Å². The predicted octanol–water partition coefficient (Wildman–Crippen LogP) is 12.7. The summed E-state index contributed by atoms with van der Waals surface area (Å²) in [5.74, 6) is 0.727. The normalized spacial score (nSPS) is 12.4. The number of halogens is 1. The molecule has 50 heavy (non-hydrogen) atoms. The minimum Gasteiger partial charge on any atom is -0.228 e. The molecule has 0 amide bonds. The Balaban J connectivity index is 1.22. The van der Waals surface area contributed by atoms with Crippen molar-refractivity contribution in [3.63, 3.8) is 0 Å². The topological polar surface area (TPSA) is 25.8 Å². The fourth-order valence-electron chi connectivity index (χ4n) is 7.44. The summed E-state index contributed by atoms with van der Waals surface area (Å²) in [4.78, 5) is 10.8. The van der Waals surface area contributed by atoms with Crippen LogP contribution in [-0.4, -0.2) is 14.0 Å². The highest BCUT2D eigenvalue weighted by atomic mass is 127. The molecular formula is C47H29IN2. The van der Waals surface area contributed by atoms with Gasteiger partial charge >= 0.3 is 0 Å². The van der Waals surface area contributed by atoms with Gasteiger partial charge in [-0.1, -0.05) is 172 Å². The lowest BCUT2D eigenvalue weighted by Crippen LogP contribution is -1.98. The molecule has 9 aromatic rings. The number of hydrogen-bond acceptors (Lipinski definition) is 2. The highest BCUT2D eigenvalue weighted by Gasteiger charge is 2.17. The lowest BCUT2D eigenvalue weighted by atomic mass is 9.94. The van der Waals surface area contributed by atoms with Crippen molar-refractivity contribution in [2.75, 3.05) is 0 Å². The summed E-state index contributed by atoms with van der Waals surface area (Å²) in [6, 6.07) is 56.9. The van der Waals surface area contributed by atoms with E-state index in [1.807, 2.05) is 0 Å². The summed E-state index contributed by atoms with van der Waals surface area (Å²) in [5.41, 5.74) is 8.95. The molecule has 0 fully saturated rings. The molecule has 0 saturated heterocycles. The Bertz CT molecular complexity index is 2730. The third kappa shape index (κ3) is 4.88. The van der Waals surface area contributed by atoms with Gasteiger partial charge in [0.2, 0.25) is 0 Å². The first-order chi connectivity index (χ1) is 24.8. The van der Waals surface area contributed by atoms with E-state index in [9.17, 15) is 0 Å². The van der Waals surface area contributed by atoms with E-state index >= 15 is 0 Å². The molecule has 10 rings (SSSR count). The Hall–Kier alpha value is -5.78. The third-order valence-corrected chi connectivity index (χ3v) is 12.4. The van der Waals surface area contributed by atoms with Gasteiger partial charge in [-0.25, -0.2) is 9.97 Å². The predicted molar refractivity (Wildman–Crippen MR) is 222 cm³/mol.